The number of hydrogen-bond acceptors (Lipinski definition) is 4. The molecule has 0 unspecified atom stereocenters. The van der Waals surface area contributed by atoms with Crippen LogP contribution < -0.4 is 0 Å². The highest BCUT2D eigenvalue weighted by Crippen LogP contribution is 2.46. The molecule has 0 bridgehead atoms. The summed E-state index contributed by atoms with van der Waals surface area (Å²) in [4.78, 5) is 11.4. The zero-order valence-corrected chi connectivity index (χ0v) is 18.8. The molecule has 4 rings (SSSR count). The first-order valence-corrected chi connectivity index (χ1v) is 11.0. The molecule has 2 aromatic carbocycles. The first-order chi connectivity index (χ1) is 12.4. The number of nitrogens with zero attached hydrogens (tertiary/aromatic N) is 3. The summed E-state index contributed by atoms with van der Waals surface area (Å²) in [6.45, 7) is 0. The number of aromatic nitrogens is 3. The van der Waals surface area contributed by atoms with Crippen LogP contribution in [0.2, 0.25) is 0 Å². The molecule has 9 heteroatoms. The van der Waals surface area contributed by atoms with Gasteiger partial charge in [-0.3, -0.25) is 4.57 Å². The smallest absolute Gasteiger partial charge is 0.342 e. The molecule has 0 saturated heterocycles. The summed E-state index contributed by atoms with van der Waals surface area (Å²) in [5, 5.41) is 20.4. The van der Waals surface area contributed by atoms with E-state index in [1.807, 2.05) is 16.7 Å². The summed E-state index contributed by atoms with van der Waals surface area (Å²) in [5.41, 5.74) is 2.27. The topological polar surface area (TPSA) is 68.0 Å². The minimum absolute atomic E-state index is 0.456. The quantitative estimate of drug-likeness (QED) is 0.321. The van der Waals surface area contributed by atoms with Crippen molar-refractivity contribution in [3.63, 3.8) is 0 Å². The lowest BCUT2D eigenvalue weighted by molar-refractivity contribution is -0.135. The molecule has 1 N–H and O–H groups in total. The summed E-state index contributed by atoms with van der Waals surface area (Å²) < 4.78 is 0.961. The highest BCUT2D eigenvalue weighted by Gasteiger charge is 2.36. The fourth-order valence-electron chi connectivity index (χ4n) is 2.93. The Morgan fingerprint density at radius 3 is 2.50 bits per heavy atom. The van der Waals surface area contributed by atoms with Crippen molar-refractivity contribution in [2.24, 2.45) is 0 Å². The summed E-state index contributed by atoms with van der Waals surface area (Å²) in [5.74, 6) is -0.418. The van der Waals surface area contributed by atoms with E-state index in [1.54, 1.807) is 0 Å². The van der Waals surface area contributed by atoms with E-state index < -0.39 is 8.53 Å². The molecule has 1 saturated carbocycles. The molecule has 1 aliphatic rings. The molecule has 26 heavy (non-hydrogen) atoms. The molecule has 0 atom stereocenters. The fourth-order valence-corrected chi connectivity index (χ4v) is 5.03. The summed E-state index contributed by atoms with van der Waals surface area (Å²) in [6.07, 6.45) is 2.46. The van der Waals surface area contributed by atoms with Crippen LogP contribution in [0.1, 0.15) is 24.3 Å². The molecule has 5 nitrogen and oxygen atoms in total. The van der Waals surface area contributed by atoms with E-state index in [1.165, 1.54) is 23.8 Å². The van der Waals surface area contributed by atoms with Crippen LogP contribution in [0.5, 0.6) is 0 Å². The number of carboxylic acids is 1. The van der Waals surface area contributed by atoms with Crippen molar-refractivity contribution in [3.05, 3.63) is 46.7 Å². The van der Waals surface area contributed by atoms with E-state index in [0.29, 0.717) is 15.8 Å². The Kier molecular flexibility index (Phi) is 4.92. The van der Waals surface area contributed by atoms with Crippen molar-refractivity contribution in [2.45, 2.75) is 26.5 Å². The Hall–Kier alpha value is -0.900. The van der Waals surface area contributed by atoms with Gasteiger partial charge in [-0.25, -0.2) is 4.79 Å². The number of benzene rings is 2. The molecule has 1 aromatic heterocycles. The standard InChI is InChI=1S/C17H12Br3N3O2S/c18-15-21-22-16(26-17(19,20)14(24)25)23(15)13-8-7-10(9-5-6-9)11-3-1-2-4-12(11)13/h1-4,7-9H,5-6H2,(H,24,25). The van der Waals surface area contributed by atoms with Crippen LogP contribution in [0.25, 0.3) is 16.5 Å². The van der Waals surface area contributed by atoms with Crippen molar-refractivity contribution in [3.8, 4) is 5.69 Å². The van der Waals surface area contributed by atoms with Gasteiger partial charge in [-0.1, -0.05) is 30.3 Å². The van der Waals surface area contributed by atoms with Gasteiger partial charge in [-0.2, -0.15) is 0 Å². The SMILES string of the molecule is O=C(O)C(Br)(Br)Sc1nnc(Br)n1-c1ccc(C2CC2)c2ccccc12. The van der Waals surface area contributed by atoms with Gasteiger partial charge >= 0.3 is 5.97 Å². The molecule has 0 aliphatic heterocycles. The lowest BCUT2D eigenvalue weighted by Gasteiger charge is -2.17. The van der Waals surface area contributed by atoms with Crippen LogP contribution in [-0.4, -0.2) is 28.4 Å². The van der Waals surface area contributed by atoms with Gasteiger partial charge in [-0.05, 0) is 95.3 Å². The monoisotopic (exact) mass is 559 g/mol. The lowest BCUT2D eigenvalue weighted by Crippen LogP contribution is -2.20. The molecular weight excluding hydrogens is 550 g/mol. The second kappa shape index (κ2) is 6.92. The molecular formula is C17H12Br3N3O2S. The molecule has 1 aliphatic carbocycles. The maximum absolute atomic E-state index is 11.4. The van der Waals surface area contributed by atoms with E-state index in [4.69, 9.17) is 0 Å². The molecule has 1 heterocycles. The van der Waals surface area contributed by atoms with Crippen LogP contribution in [-0.2, 0) is 4.79 Å². The third-order valence-corrected chi connectivity index (χ3v) is 7.30. The first-order valence-electron chi connectivity index (χ1n) is 7.81. The average Bonchev–Trinajstić information content (AvgIpc) is 3.39. The highest BCUT2D eigenvalue weighted by atomic mass is 79.9. The Bertz CT molecular complexity index is 1020. The predicted molar refractivity (Wildman–Crippen MR) is 113 cm³/mol. The zero-order chi connectivity index (χ0) is 18.5. The van der Waals surface area contributed by atoms with Gasteiger partial charge in [0.05, 0.1) is 5.69 Å². The van der Waals surface area contributed by atoms with Gasteiger partial charge in [0.2, 0.25) is 7.30 Å². The van der Waals surface area contributed by atoms with Gasteiger partial charge < -0.3 is 5.11 Å². The maximum atomic E-state index is 11.4. The van der Waals surface area contributed by atoms with Gasteiger partial charge in [0.1, 0.15) is 0 Å². The number of carbonyl (C=O) groups is 1. The van der Waals surface area contributed by atoms with Gasteiger partial charge in [0.15, 0.2) is 5.16 Å². The van der Waals surface area contributed by atoms with E-state index in [2.05, 4.69) is 82.3 Å². The minimum Gasteiger partial charge on any atom is -0.479 e. The van der Waals surface area contributed by atoms with Crippen LogP contribution in [0, 0.1) is 0 Å². The molecule has 0 spiro atoms. The number of aliphatic carboxylic acids is 1. The maximum Gasteiger partial charge on any atom is 0.342 e. The van der Waals surface area contributed by atoms with Crippen molar-refractivity contribution < 1.29 is 9.90 Å². The number of halogens is 3. The van der Waals surface area contributed by atoms with Crippen LogP contribution >= 0.6 is 59.6 Å². The van der Waals surface area contributed by atoms with E-state index in [9.17, 15) is 9.90 Å². The third kappa shape index (κ3) is 3.34. The molecule has 1 fully saturated rings. The van der Waals surface area contributed by atoms with Crippen molar-refractivity contribution in [1.29, 1.82) is 0 Å². The Morgan fingerprint density at radius 1 is 1.15 bits per heavy atom. The number of carboxylic acid groups (broad SMARTS) is 1. The number of fused-ring (bicyclic) bond motifs is 1. The highest BCUT2D eigenvalue weighted by molar-refractivity contribution is 9.28. The van der Waals surface area contributed by atoms with E-state index in [-0.39, 0.29) is 0 Å². The number of rotatable bonds is 5. The number of alkyl halides is 2. The van der Waals surface area contributed by atoms with Crippen molar-refractivity contribution in [2.75, 3.05) is 0 Å². The summed E-state index contributed by atoms with van der Waals surface area (Å²) in [6, 6.07) is 12.5. The van der Waals surface area contributed by atoms with Gasteiger partial charge in [0, 0.05) is 5.39 Å². The van der Waals surface area contributed by atoms with Crippen molar-refractivity contribution in [1.82, 2.24) is 14.8 Å². The van der Waals surface area contributed by atoms with Crippen LogP contribution in [0.15, 0.2) is 46.3 Å². The normalized spacial score (nSPS) is 14.7. The molecule has 134 valence electrons. The second-order valence-corrected chi connectivity index (χ2v) is 12.4. The Labute approximate surface area is 178 Å². The number of hydrogen-bond donors (Lipinski definition) is 1. The zero-order valence-electron chi connectivity index (χ0n) is 13.2. The van der Waals surface area contributed by atoms with Crippen LogP contribution in [0.3, 0.4) is 0 Å². The lowest BCUT2D eigenvalue weighted by atomic mass is 9.99. The molecule has 3 aromatic rings. The third-order valence-electron chi connectivity index (χ3n) is 4.26. The summed E-state index contributed by atoms with van der Waals surface area (Å²) >= 11 is 10.8. The largest absolute Gasteiger partial charge is 0.479 e. The Balaban J connectivity index is 1.88. The fraction of sp³-hybridized carbons (Fsp3) is 0.235. The van der Waals surface area contributed by atoms with Crippen molar-refractivity contribution >= 4 is 76.3 Å². The first kappa shape index (κ1) is 18.5. The predicted octanol–water partition coefficient (Wildman–Crippen LogP) is 5.68. The average molecular weight is 562 g/mol. The second-order valence-electron chi connectivity index (χ2n) is 6.00. The summed E-state index contributed by atoms with van der Waals surface area (Å²) in [7, 11) is 0. The van der Waals surface area contributed by atoms with Gasteiger partial charge in [0.25, 0.3) is 0 Å². The van der Waals surface area contributed by atoms with Gasteiger partial charge in [-0.15, -0.1) is 10.2 Å². The minimum atomic E-state index is -1.38. The number of thioether (sulfide) groups is 1. The Morgan fingerprint density at radius 2 is 1.85 bits per heavy atom. The molecule has 0 amide bonds. The molecule has 0 radical (unpaired) electrons. The van der Waals surface area contributed by atoms with E-state index in [0.717, 1.165) is 22.8 Å². The van der Waals surface area contributed by atoms with Crippen LogP contribution in [0.4, 0.5) is 0 Å². The van der Waals surface area contributed by atoms with E-state index >= 15 is 0 Å².